The fourth-order valence-corrected chi connectivity index (χ4v) is 3.45. The number of hydrogen-bond acceptors (Lipinski definition) is 5. The van der Waals surface area contributed by atoms with Gasteiger partial charge in [0.25, 0.3) is 0 Å². The van der Waals surface area contributed by atoms with E-state index in [0.717, 1.165) is 19.3 Å². The fraction of sp³-hybridized carbons (Fsp3) is 0.364. The normalized spacial score (nSPS) is 19.0. The number of nitrogens with two attached hydrogens (primary N) is 1. The highest BCUT2D eigenvalue weighted by Gasteiger charge is 2.25. The van der Waals surface area contributed by atoms with E-state index in [1.807, 2.05) is 0 Å². The summed E-state index contributed by atoms with van der Waals surface area (Å²) in [4.78, 5) is 13.6. The van der Waals surface area contributed by atoms with Gasteiger partial charge in [-0.1, -0.05) is 0 Å². The van der Waals surface area contributed by atoms with Crippen molar-refractivity contribution in [2.45, 2.75) is 25.2 Å². The van der Waals surface area contributed by atoms with Crippen LogP contribution in [0.2, 0.25) is 5.28 Å². The molecule has 1 unspecified atom stereocenters. The Morgan fingerprint density at radius 3 is 3.06 bits per heavy atom. The van der Waals surface area contributed by atoms with E-state index >= 15 is 0 Å². The zero-order chi connectivity index (χ0) is 11.8. The average molecular weight is 267 g/mol. The van der Waals surface area contributed by atoms with E-state index in [1.165, 1.54) is 10.4 Å². The molecule has 0 bridgehead atoms. The van der Waals surface area contributed by atoms with Gasteiger partial charge in [0, 0.05) is 10.8 Å². The lowest BCUT2D eigenvalue weighted by Crippen LogP contribution is -2.13. The molecule has 1 atom stereocenters. The number of hydrogen-bond donors (Lipinski definition) is 1. The Bertz CT molecular complexity index is 534. The lowest BCUT2D eigenvalue weighted by molar-refractivity contribution is 0.596. The average Bonchev–Trinajstić information content (AvgIpc) is 2.75. The topological polar surface area (TPSA) is 64.7 Å². The Balaban J connectivity index is 2.06. The van der Waals surface area contributed by atoms with Crippen molar-refractivity contribution in [1.29, 1.82) is 0 Å². The van der Waals surface area contributed by atoms with Crippen molar-refractivity contribution in [3.63, 3.8) is 0 Å². The highest BCUT2D eigenvalue weighted by atomic mass is 35.5. The quantitative estimate of drug-likeness (QED) is 0.862. The van der Waals surface area contributed by atoms with Gasteiger partial charge in [0.1, 0.15) is 5.82 Å². The van der Waals surface area contributed by atoms with Crippen molar-refractivity contribution in [3.05, 3.63) is 33.0 Å². The number of halogens is 1. The molecule has 6 heteroatoms. The molecule has 4 nitrogen and oxygen atoms in total. The fourth-order valence-electron chi connectivity index (χ4n) is 2.29. The van der Waals surface area contributed by atoms with Crippen molar-refractivity contribution >= 4 is 28.9 Å². The molecule has 0 aromatic carbocycles. The monoisotopic (exact) mass is 266 g/mol. The highest BCUT2D eigenvalue weighted by Crippen LogP contribution is 2.37. The maximum absolute atomic E-state index is 5.83. The molecule has 2 heterocycles. The molecule has 1 aliphatic rings. The summed E-state index contributed by atoms with van der Waals surface area (Å²) in [5.74, 6) is 1.11. The molecule has 0 saturated heterocycles. The van der Waals surface area contributed by atoms with Crippen molar-refractivity contribution in [1.82, 2.24) is 15.0 Å². The Morgan fingerprint density at radius 1 is 1.35 bits per heavy atom. The molecule has 0 aliphatic heterocycles. The van der Waals surface area contributed by atoms with Crippen LogP contribution < -0.4 is 5.73 Å². The van der Waals surface area contributed by atoms with E-state index in [2.05, 4.69) is 26.4 Å². The number of aryl methyl sites for hydroxylation is 1. The first-order chi connectivity index (χ1) is 8.24. The molecule has 3 rings (SSSR count). The first kappa shape index (κ1) is 10.9. The standard InChI is InChI=1S/C11H11ClN4S/c12-10-14-9(15-11(13)16-10)7-2-1-3-8-6(7)4-5-17-8/h4-5,7H,1-3H2,(H2,13,14,15,16). The molecular formula is C11H11ClN4S. The van der Waals surface area contributed by atoms with Gasteiger partial charge in [-0.3, -0.25) is 0 Å². The van der Waals surface area contributed by atoms with Gasteiger partial charge in [-0.05, 0) is 47.9 Å². The van der Waals surface area contributed by atoms with E-state index in [0.29, 0.717) is 5.82 Å². The molecule has 0 spiro atoms. The van der Waals surface area contributed by atoms with E-state index in [-0.39, 0.29) is 17.1 Å². The maximum atomic E-state index is 5.83. The molecule has 2 aromatic rings. The Hall–Kier alpha value is -1.20. The zero-order valence-electron chi connectivity index (χ0n) is 9.06. The van der Waals surface area contributed by atoms with Gasteiger partial charge in [-0.15, -0.1) is 11.3 Å². The van der Waals surface area contributed by atoms with Gasteiger partial charge in [0.15, 0.2) is 0 Å². The summed E-state index contributed by atoms with van der Waals surface area (Å²) in [6.07, 6.45) is 3.35. The van der Waals surface area contributed by atoms with Crippen LogP contribution in [-0.4, -0.2) is 15.0 Å². The summed E-state index contributed by atoms with van der Waals surface area (Å²) < 4.78 is 0. The van der Waals surface area contributed by atoms with Crippen LogP contribution in [-0.2, 0) is 6.42 Å². The number of anilines is 1. The summed E-state index contributed by atoms with van der Waals surface area (Å²) in [7, 11) is 0. The van der Waals surface area contributed by atoms with Crippen molar-refractivity contribution in [3.8, 4) is 0 Å². The second-order valence-corrected chi connectivity index (χ2v) is 5.40. The van der Waals surface area contributed by atoms with Crippen LogP contribution in [0.4, 0.5) is 5.95 Å². The molecule has 2 aromatic heterocycles. The Morgan fingerprint density at radius 2 is 2.24 bits per heavy atom. The van der Waals surface area contributed by atoms with Crippen molar-refractivity contribution in [2.24, 2.45) is 0 Å². The van der Waals surface area contributed by atoms with Gasteiger partial charge in [0.2, 0.25) is 11.2 Å². The molecule has 0 fully saturated rings. The van der Waals surface area contributed by atoms with Crippen LogP contribution in [0.5, 0.6) is 0 Å². The van der Waals surface area contributed by atoms with Gasteiger partial charge >= 0.3 is 0 Å². The van der Waals surface area contributed by atoms with Crippen molar-refractivity contribution in [2.75, 3.05) is 5.73 Å². The number of nitrogen functional groups attached to an aromatic ring is 1. The van der Waals surface area contributed by atoms with Crippen LogP contribution in [0.1, 0.15) is 35.0 Å². The molecule has 2 N–H and O–H groups in total. The van der Waals surface area contributed by atoms with Crippen LogP contribution in [0.3, 0.4) is 0 Å². The predicted molar refractivity (Wildman–Crippen MR) is 68.3 cm³/mol. The van der Waals surface area contributed by atoms with Crippen molar-refractivity contribution < 1.29 is 0 Å². The largest absolute Gasteiger partial charge is 0.368 e. The third kappa shape index (κ3) is 2.00. The minimum Gasteiger partial charge on any atom is -0.368 e. The Labute approximate surface area is 108 Å². The first-order valence-corrected chi connectivity index (χ1v) is 6.73. The number of fused-ring (bicyclic) bond motifs is 1. The molecule has 1 aliphatic carbocycles. The van der Waals surface area contributed by atoms with Gasteiger partial charge in [-0.25, -0.2) is 4.98 Å². The molecule has 0 radical (unpaired) electrons. The summed E-state index contributed by atoms with van der Waals surface area (Å²) >= 11 is 7.63. The second kappa shape index (κ2) is 4.23. The van der Waals surface area contributed by atoms with E-state index in [4.69, 9.17) is 17.3 Å². The predicted octanol–water partition coefficient (Wildman–Crippen LogP) is 2.64. The number of aromatic nitrogens is 3. The van der Waals surface area contributed by atoms with E-state index in [9.17, 15) is 0 Å². The number of thiophene rings is 1. The Kier molecular flexibility index (Phi) is 2.72. The second-order valence-electron chi connectivity index (χ2n) is 4.06. The molecular weight excluding hydrogens is 256 g/mol. The highest BCUT2D eigenvalue weighted by molar-refractivity contribution is 7.10. The summed E-state index contributed by atoms with van der Waals surface area (Å²) in [6.45, 7) is 0. The minimum absolute atomic E-state index is 0.176. The first-order valence-electron chi connectivity index (χ1n) is 5.47. The molecule has 0 saturated carbocycles. The van der Waals surface area contributed by atoms with Crippen LogP contribution >= 0.6 is 22.9 Å². The third-order valence-corrected chi connectivity index (χ3v) is 4.17. The van der Waals surface area contributed by atoms with Gasteiger partial charge in [-0.2, -0.15) is 9.97 Å². The smallest absolute Gasteiger partial charge is 0.227 e. The lowest BCUT2D eigenvalue weighted by Gasteiger charge is -2.21. The summed E-state index contributed by atoms with van der Waals surface area (Å²) in [6, 6.07) is 2.15. The molecule has 0 amide bonds. The zero-order valence-corrected chi connectivity index (χ0v) is 10.6. The molecule has 88 valence electrons. The lowest BCUT2D eigenvalue weighted by atomic mass is 9.87. The number of rotatable bonds is 1. The maximum Gasteiger partial charge on any atom is 0.227 e. The van der Waals surface area contributed by atoms with Gasteiger partial charge in [0.05, 0.1) is 0 Å². The summed E-state index contributed by atoms with van der Waals surface area (Å²) in [5, 5.41) is 2.30. The van der Waals surface area contributed by atoms with Crippen LogP contribution in [0.25, 0.3) is 0 Å². The third-order valence-electron chi connectivity index (χ3n) is 3.01. The van der Waals surface area contributed by atoms with Crippen LogP contribution in [0.15, 0.2) is 11.4 Å². The minimum atomic E-state index is 0.176. The molecule has 17 heavy (non-hydrogen) atoms. The summed E-state index contributed by atoms with van der Waals surface area (Å²) in [5.41, 5.74) is 6.94. The van der Waals surface area contributed by atoms with E-state index < -0.39 is 0 Å². The number of nitrogens with zero attached hydrogens (tertiary/aromatic N) is 3. The van der Waals surface area contributed by atoms with E-state index in [1.54, 1.807) is 11.3 Å². The van der Waals surface area contributed by atoms with Crippen LogP contribution in [0, 0.1) is 0 Å². The van der Waals surface area contributed by atoms with Gasteiger partial charge < -0.3 is 5.73 Å². The SMILES string of the molecule is Nc1nc(Cl)nc(C2CCCc3sccc32)n1.